The lowest BCUT2D eigenvalue weighted by atomic mass is 9.84. The van der Waals surface area contributed by atoms with Crippen LogP contribution >= 0.6 is 11.6 Å². The summed E-state index contributed by atoms with van der Waals surface area (Å²) >= 11 is 6.03. The molecule has 4 nitrogen and oxygen atoms in total. The summed E-state index contributed by atoms with van der Waals surface area (Å²) in [6.45, 7) is 10.6. The minimum absolute atomic E-state index is 0.0397. The first-order chi connectivity index (χ1) is 11.2. The van der Waals surface area contributed by atoms with E-state index in [1.165, 1.54) is 4.80 Å². The molecule has 2 aromatic carbocycles. The molecule has 0 radical (unpaired) electrons. The van der Waals surface area contributed by atoms with Crippen LogP contribution in [0.25, 0.3) is 16.7 Å². The topological polar surface area (TPSA) is 50.9 Å². The number of fused-ring (bicyclic) bond motifs is 1. The van der Waals surface area contributed by atoms with Gasteiger partial charge in [-0.15, -0.1) is 15.0 Å². The van der Waals surface area contributed by atoms with Crippen molar-refractivity contribution in [2.24, 2.45) is 0 Å². The van der Waals surface area contributed by atoms with Gasteiger partial charge in [-0.2, -0.15) is 0 Å². The number of benzene rings is 2. The van der Waals surface area contributed by atoms with Gasteiger partial charge in [0.05, 0.1) is 0 Å². The summed E-state index contributed by atoms with van der Waals surface area (Å²) in [5, 5.41) is 20.4. The number of phenols is 1. The van der Waals surface area contributed by atoms with Crippen LogP contribution in [0.2, 0.25) is 5.02 Å². The lowest BCUT2D eigenvalue weighted by Crippen LogP contribution is -2.14. The smallest absolute Gasteiger partial charge is 0.146 e. The van der Waals surface area contributed by atoms with E-state index in [2.05, 4.69) is 50.9 Å². The summed E-state index contributed by atoms with van der Waals surface area (Å²) in [5.74, 6) is 0.426. The maximum Gasteiger partial charge on any atom is 0.146 e. The molecule has 5 heteroatoms. The number of nitrogens with zero attached hydrogens (tertiary/aromatic N) is 3. The molecule has 24 heavy (non-hydrogen) atoms. The predicted molar refractivity (Wildman–Crippen MR) is 98.3 cm³/mol. The molecule has 0 aliphatic rings. The first-order valence-electron chi connectivity index (χ1n) is 8.07. The molecule has 0 aliphatic heterocycles. The molecule has 0 atom stereocenters. The van der Waals surface area contributed by atoms with Gasteiger partial charge in [0, 0.05) is 5.02 Å². The molecule has 1 N–H and O–H groups in total. The number of phenolic OH excluding ortho intramolecular Hbond substituents is 1. The van der Waals surface area contributed by atoms with Gasteiger partial charge in [0.25, 0.3) is 0 Å². The Hall–Kier alpha value is -2.07. The van der Waals surface area contributed by atoms with E-state index in [0.29, 0.717) is 16.2 Å². The second-order valence-electron chi connectivity index (χ2n) is 7.46. The number of aromatic nitrogens is 3. The molecule has 0 fully saturated rings. The van der Waals surface area contributed by atoms with Crippen LogP contribution in [0.1, 0.15) is 51.7 Å². The van der Waals surface area contributed by atoms with Crippen molar-refractivity contribution in [2.45, 2.75) is 46.0 Å². The molecule has 3 aromatic rings. The van der Waals surface area contributed by atoms with E-state index in [9.17, 15) is 5.11 Å². The highest BCUT2D eigenvalue weighted by molar-refractivity contribution is 6.31. The summed E-state index contributed by atoms with van der Waals surface area (Å²) in [6.07, 6.45) is 0. The Bertz CT molecular complexity index is 907. The second kappa shape index (κ2) is 5.78. The van der Waals surface area contributed by atoms with Gasteiger partial charge in [0.1, 0.15) is 22.5 Å². The Morgan fingerprint density at radius 2 is 1.71 bits per heavy atom. The van der Waals surface area contributed by atoms with Crippen molar-refractivity contribution in [3.63, 3.8) is 0 Å². The number of hydrogen-bond donors (Lipinski definition) is 1. The van der Waals surface area contributed by atoms with Crippen molar-refractivity contribution in [3.05, 3.63) is 46.5 Å². The zero-order valence-electron chi connectivity index (χ0n) is 14.6. The van der Waals surface area contributed by atoms with E-state index < -0.39 is 0 Å². The van der Waals surface area contributed by atoms with E-state index in [0.717, 1.165) is 16.6 Å². The molecule has 0 spiro atoms. The van der Waals surface area contributed by atoms with Crippen LogP contribution in [0, 0.1) is 0 Å². The Morgan fingerprint density at radius 3 is 2.33 bits per heavy atom. The molecule has 1 heterocycles. The summed E-state index contributed by atoms with van der Waals surface area (Å²) < 4.78 is 0. The average Bonchev–Trinajstić information content (AvgIpc) is 2.88. The molecular formula is C19H22ClN3O. The van der Waals surface area contributed by atoms with E-state index >= 15 is 0 Å². The van der Waals surface area contributed by atoms with Crippen LogP contribution in [0.4, 0.5) is 0 Å². The van der Waals surface area contributed by atoms with Gasteiger partial charge in [-0.05, 0) is 46.7 Å². The van der Waals surface area contributed by atoms with E-state index in [-0.39, 0.29) is 17.1 Å². The maximum absolute atomic E-state index is 10.8. The molecule has 0 bridgehead atoms. The van der Waals surface area contributed by atoms with Crippen molar-refractivity contribution in [2.75, 3.05) is 0 Å². The molecule has 0 aliphatic carbocycles. The molecule has 126 valence electrons. The zero-order chi connectivity index (χ0) is 17.6. The highest BCUT2D eigenvalue weighted by Crippen LogP contribution is 2.36. The SMILES string of the molecule is CC(C)c1cc(C(C)(C)C)cc(-n2nc3ccc(Cl)cc3n2)c1O. The van der Waals surface area contributed by atoms with E-state index in [4.69, 9.17) is 11.6 Å². The minimum atomic E-state index is -0.0397. The fourth-order valence-corrected chi connectivity index (χ4v) is 2.83. The van der Waals surface area contributed by atoms with E-state index in [1.54, 1.807) is 12.1 Å². The van der Waals surface area contributed by atoms with Crippen LogP contribution < -0.4 is 0 Å². The fraction of sp³-hybridized carbons (Fsp3) is 0.368. The molecule has 0 saturated carbocycles. The van der Waals surface area contributed by atoms with Crippen molar-refractivity contribution in [1.82, 2.24) is 15.0 Å². The van der Waals surface area contributed by atoms with Gasteiger partial charge < -0.3 is 5.11 Å². The van der Waals surface area contributed by atoms with Crippen molar-refractivity contribution in [1.29, 1.82) is 0 Å². The first kappa shape index (κ1) is 16.8. The summed E-state index contributed by atoms with van der Waals surface area (Å²) in [6, 6.07) is 9.42. The highest BCUT2D eigenvalue weighted by atomic mass is 35.5. The highest BCUT2D eigenvalue weighted by Gasteiger charge is 2.22. The third-order valence-electron chi connectivity index (χ3n) is 4.17. The van der Waals surface area contributed by atoms with Gasteiger partial charge in [-0.1, -0.05) is 52.3 Å². The Labute approximate surface area is 147 Å². The van der Waals surface area contributed by atoms with Gasteiger partial charge in [-0.3, -0.25) is 0 Å². The number of rotatable bonds is 2. The third-order valence-corrected chi connectivity index (χ3v) is 4.40. The number of aromatic hydroxyl groups is 1. The summed E-state index contributed by atoms with van der Waals surface area (Å²) in [4.78, 5) is 1.50. The molecule has 0 saturated heterocycles. The third kappa shape index (κ3) is 2.98. The fourth-order valence-electron chi connectivity index (χ4n) is 2.66. The Kier molecular flexibility index (Phi) is 4.04. The Morgan fingerprint density at radius 1 is 1.04 bits per heavy atom. The largest absolute Gasteiger partial charge is 0.505 e. The second-order valence-corrected chi connectivity index (χ2v) is 7.90. The zero-order valence-corrected chi connectivity index (χ0v) is 15.4. The van der Waals surface area contributed by atoms with Gasteiger partial charge in [0.2, 0.25) is 0 Å². The average molecular weight is 344 g/mol. The van der Waals surface area contributed by atoms with Crippen molar-refractivity contribution >= 4 is 22.6 Å². The van der Waals surface area contributed by atoms with Gasteiger partial charge in [-0.25, -0.2) is 0 Å². The van der Waals surface area contributed by atoms with Crippen LogP contribution in [0.15, 0.2) is 30.3 Å². The lowest BCUT2D eigenvalue weighted by Gasteiger charge is -2.23. The Balaban J connectivity index is 2.26. The standard InChI is InChI=1S/C19H22ClN3O/c1-11(2)14-8-12(19(3,4)5)9-17(18(14)24)23-21-15-7-6-13(20)10-16(15)22-23/h6-11,24H,1-5H3. The quantitative estimate of drug-likeness (QED) is 0.695. The van der Waals surface area contributed by atoms with Crippen LogP contribution in [0.5, 0.6) is 5.75 Å². The molecule has 0 amide bonds. The van der Waals surface area contributed by atoms with Crippen molar-refractivity contribution < 1.29 is 5.11 Å². The van der Waals surface area contributed by atoms with Crippen LogP contribution in [-0.4, -0.2) is 20.1 Å². The number of hydrogen-bond acceptors (Lipinski definition) is 3. The number of halogens is 1. The van der Waals surface area contributed by atoms with Gasteiger partial charge >= 0.3 is 0 Å². The minimum Gasteiger partial charge on any atom is -0.505 e. The molecule has 3 rings (SSSR count). The monoisotopic (exact) mass is 343 g/mol. The first-order valence-corrected chi connectivity index (χ1v) is 8.45. The predicted octanol–water partition coefficient (Wildman–Crippen LogP) is 5.20. The molecule has 0 unspecified atom stereocenters. The molecule has 1 aromatic heterocycles. The summed E-state index contributed by atoms with van der Waals surface area (Å²) in [7, 11) is 0. The lowest BCUT2D eigenvalue weighted by molar-refractivity contribution is 0.455. The maximum atomic E-state index is 10.8. The van der Waals surface area contributed by atoms with Crippen molar-refractivity contribution in [3.8, 4) is 11.4 Å². The van der Waals surface area contributed by atoms with Crippen LogP contribution in [0.3, 0.4) is 0 Å². The van der Waals surface area contributed by atoms with Gasteiger partial charge in [0.15, 0.2) is 0 Å². The molecular weight excluding hydrogens is 322 g/mol. The normalized spacial score (nSPS) is 12.3. The summed E-state index contributed by atoms with van der Waals surface area (Å²) in [5.41, 5.74) is 4.04. The van der Waals surface area contributed by atoms with Crippen LogP contribution in [-0.2, 0) is 5.41 Å². The van der Waals surface area contributed by atoms with E-state index in [1.807, 2.05) is 12.1 Å².